The lowest BCUT2D eigenvalue weighted by atomic mass is 10.1. The van der Waals surface area contributed by atoms with Gasteiger partial charge in [-0.15, -0.1) is 12.4 Å². The molecule has 0 N–H and O–H groups in total. The minimum Gasteiger partial charge on any atom is -0.303 e. The highest BCUT2D eigenvalue weighted by molar-refractivity contribution is 6.63. The van der Waals surface area contributed by atoms with Crippen LogP contribution in [0.5, 0.6) is 0 Å². The van der Waals surface area contributed by atoms with E-state index >= 15 is 0 Å². The van der Waals surface area contributed by atoms with Crippen molar-refractivity contribution in [1.82, 2.24) is 9.38 Å². The van der Waals surface area contributed by atoms with Gasteiger partial charge in [-0.05, 0) is 37.1 Å². The molecule has 22 heavy (non-hydrogen) atoms. The highest BCUT2D eigenvalue weighted by Gasteiger charge is 2.16. The van der Waals surface area contributed by atoms with Gasteiger partial charge < -0.3 is 4.40 Å². The number of nitrogens with zero attached hydrogens (tertiary/aromatic N) is 2. The van der Waals surface area contributed by atoms with Crippen LogP contribution in [0.1, 0.15) is 16.8 Å². The Balaban J connectivity index is 0.00000176. The summed E-state index contributed by atoms with van der Waals surface area (Å²) < 4.78 is 1.95. The third-order valence-electron chi connectivity index (χ3n) is 3.50. The number of rotatable bonds is 3. The van der Waals surface area contributed by atoms with Crippen molar-refractivity contribution in [2.75, 3.05) is 0 Å². The molecule has 0 unspecified atom stereocenters. The first-order valence-electron chi connectivity index (χ1n) is 6.77. The summed E-state index contributed by atoms with van der Waals surface area (Å²) in [5, 5.41) is -0.383. The van der Waals surface area contributed by atoms with E-state index in [1.807, 2.05) is 60.8 Å². The third-order valence-corrected chi connectivity index (χ3v) is 3.63. The molecule has 2 aromatic heterocycles. The van der Waals surface area contributed by atoms with Gasteiger partial charge in [0, 0.05) is 11.8 Å². The Morgan fingerprint density at radius 1 is 1.09 bits per heavy atom. The number of carbonyl (C=O) groups is 1. The summed E-state index contributed by atoms with van der Waals surface area (Å²) in [6.45, 7) is 4.05. The lowest BCUT2D eigenvalue weighted by Gasteiger charge is -2.04. The van der Waals surface area contributed by atoms with Crippen molar-refractivity contribution >= 4 is 34.9 Å². The molecule has 0 amide bonds. The highest BCUT2D eigenvalue weighted by atomic mass is 35.5. The zero-order chi connectivity index (χ0) is 15.0. The van der Waals surface area contributed by atoms with Gasteiger partial charge in [0.2, 0.25) is 5.24 Å². The molecular formula is C17H16Cl2N2O. The zero-order valence-corrected chi connectivity index (χ0v) is 13.9. The molecule has 0 atom stereocenters. The van der Waals surface area contributed by atoms with E-state index in [0.29, 0.717) is 0 Å². The molecule has 0 aliphatic rings. The second kappa shape index (κ2) is 6.51. The summed E-state index contributed by atoms with van der Waals surface area (Å²) in [5.74, 6) is 0. The van der Waals surface area contributed by atoms with Crippen LogP contribution in [0, 0.1) is 13.8 Å². The predicted molar refractivity (Wildman–Crippen MR) is 91.9 cm³/mol. The van der Waals surface area contributed by atoms with Gasteiger partial charge >= 0.3 is 0 Å². The number of pyridine rings is 1. The second-order valence-corrected chi connectivity index (χ2v) is 5.66. The monoisotopic (exact) mass is 334 g/mol. The second-order valence-electron chi connectivity index (χ2n) is 5.24. The van der Waals surface area contributed by atoms with Crippen LogP contribution in [0.15, 0.2) is 42.6 Å². The molecule has 2 heterocycles. The molecule has 1 aromatic carbocycles. The summed E-state index contributed by atoms with van der Waals surface area (Å²) in [4.78, 5) is 16.1. The molecule has 3 nitrogen and oxygen atoms in total. The van der Waals surface area contributed by atoms with Crippen LogP contribution in [-0.2, 0) is 11.2 Å². The Bertz CT molecular complexity index is 823. The molecule has 0 saturated heterocycles. The fourth-order valence-corrected chi connectivity index (χ4v) is 2.57. The van der Waals surface area contributed by atoms with Crippen molar-refractivity contribution in [3.63, 3.8) is 0 Å². The Morgan fingerprint density at radius 2 is 1.73 bits per heavy atom. The van der Waals surface area contributed by atoms with Crippen LogP contribution in [0.4, 0.5) is 0 Å². The van der Waals surface area contributed by atoms with E-state index in [4.69, 9.17) is 11.6 Å². The summed E-state index contributed by atoms with van der Waals surface area (Å²) >= 11 is 5.61. The lowest BCUT2D eigenvalue weighted by molar-refractivity contribution is -0.111. The van der Waals surface area contributed by atoms with Crippen molar-refractivity contribution in [2.45, 2.75) is 20.3 Å². The first-order valence-corrected chi connectivity index (χ1v) is 7.15. The van der Waals surface area contributed by atoms with Gasteiger partial charge in [-0.1, -0.05) is 35.9 Å². The molecule has 0 fully saturated rings. The minimum atomic E-state index is -0.383. The van der Waals surface area contributed by atoms with Crippen molar-refractivity contribution in [1.29, 1.82) is 0 Å². The molecule has 0 bridgehead atoms. The quantitative estimate of drug-likeness (QED) is 0.667. The maximum absolute atomic E-state index is 11.4. The standard InChI is InChI=1S/C17H15ClN2O.ClH/c1-11-3-6-13(7-4-11)17-14(9-15(18)21)20-10-12(2)5-8-16(20)19-17;/h3-8,10H,9H2,1-2H3;1H. The maximum atomic E-state index is 11.4. The smallest absolute Gasteiger partial charge is 0.227 e. The van der Waals surface area contributed by atoms with E-state index in [9.17, 15) is 4.79 Å². The average molecular weight is 335 g/mol. The third kappa shape index (κ3) is 3.16. The van der Waals surface area contributed by atoms with E-state index in [1.165, 1.54) is 5.56 Å². The van der Waals surface area contributed by atoms with Crippen molar-refractivity contribution in [3.8, 4) is 11.3 Å². The van der Waals surface area contributed by atoms with Gasteiger partial charge in [0.15, 0.2) is 0 Å². The van der Waals surface area contributed by atoms with E-state index in [0.717, 1.165) is 28.2 Å². The fraction of sp³-hybridized carbons (Fsp3) is 0.176. The number of fused-ring (bicyclic) bond motifs is 1. The number of aromatic nitrogens is 2. The Labute approximate surface area is 140 Å². The van der Waals surface area contributed by atoms with E-state index < -0.39 is 0 Å². The van der Waals surface area contributed by atoms with E-state index in [-0.39, 0.29) is 24.1 Å². The fourth-order valence-electron chi connectivity index (χ4n) is 2.44. The van der Waals surface area contributed by atoms with Gasteiger partial charge in [0.25, 0.3) is 0 Å². The summed E-state index contributed by atoms with van der Waals surface area (Å²) in [6.07, 6.45) is 2.14. The lowest BCUT2D eigenvalue weighted by Crippen LogP contribution is -2.00. The Kier molecular flexibility index (Phi) is 4.89. The summed E-state index contributed by atoms with van der Waals surface area (Å²) in [7, 11) is 0. The van der Waals surface area contributed by atoms with Gasteiger partial charge in [-0.25, -0.2) is 4.98 Å². The van der Waals surface area contributed by atoms with Crippen molar-refractivity contribution in [2.24, 2.45) is 0 Å². The number of aryl methyl sites for hydroxylation is 2. The highest BCUT2D eigenvalue weighted by Crippen LogP contribution is 2.26. The van der Waals surface area contributed by atoms with Gasteiger partial charge in [-0.3, -0.25) is 4.79 Å². The van der Waals surface area contributed by atoms with Crippen LogP contribution in [-0.4, -0.2) is 14.6 Å². The van der Waals surface area contributed by atoms with Crippen LogP contribution in [0.2, 0.25) is 0 Å². The number of benzene rings is 1. The molecule has 3 rings (SSSR count). The first kappa shape index (κ1) is 16.5. The molecule has 114 valence electrons. The minimum absolute atomic E-state index is 0. The van der Waals surface area contributed by atoms with Crippen molar-refractivity contribution < 1.29 is 4.79 Å². The molecule has 0 radical (unpaired) electrons. The molecule has 0 spiro atoms. The van der Waals surface area contributed by atoms with Crippen LogP contribution in [0.3, 0.4) is 0 Å². The SMILES string of the molecule is Cc1ccc(-c2nc3ccc(C)cn3c2CC(=O)Cl)cc1.Cl. The topological polar surface area (TPSA) is 34.4 Å². The van der Waals surface area contributed by atoms with Gasteiger partial charge in [-0.2, -0.15) is 0 Å². The van der Waals surface area contributed by atoms with Gasteiger partial charge in [0.05, 0.1) is 17.8 Å². The number of imidazole rings is 1. The van der Waals surface area contributed by atoms with E-state index in [1.54, 1.807) is 0 Å². The average Bonchev–Trinajstić information content (AvgIpc) is 2.77. The molecule has 0 aliphatic carbocycles. The number of hydrogen-bond acceptors (Lipinski definition) is 2. The molecular weight excluding hydrogens is 319 g/mol. The maximum Gasteiger partial charge on any atom is 0.227 e. The number of carbonyl (C=O) groups excluding carboxylic acids is 1. The largest absolute Gasteiger partial charge is 0.303 e. The summed E-state index contributed by atoms with van der Waals surface area (Å²) in [6, 6.07) is 12.1. The van der Waals surface area contributed by atoms with Crippen LogP contribution < -0.4 is 0 Å². The number of halogens is 2. The first-order chi connectivity index (χ1) is 10.0. The van der Waals surface area contributed by atoms with Gasteiger partial charge in [0.1, 0.15) is 5.65 Å². The van der Waals surface area contributed by atoms with E-state index in [2.05, 4.69) is 4.98 Å². The number of hydrogen-bond donors (Lipinski definition) is 0. The normalized spacial score (nSPS) is 10.5. The molecule has 0 saturated carbocycles. The Hall–Kier alpha value is -1.84. The van der Waals surface area contributed by atoms with Crippen LogP contribution >= 0.6 is 24.0 Å². The zero-order valence-electron chi connectivity index (χ0n) is 12.3. The molecule has 3 aromatic rings. The predicted octanol–water partition coefficient (Wildman–Crippen LogP) is 4.35. The van der Waals surface area contributed by atoms with Crippen LogP contribution in [0.25, 0.3) is 16.9 Å². The Morgan fingerprint density at radius 3 is 2.36 bits per heavy atom. The summed E-state index contributed by atoms with van der Waals surface area (Å²) in [5.41, 5.74) is 5.76. The van der Waals surface area contributed by atoms with Crippen molar-refractivity contribution in [3.05, 3.63) is 59.4 Å². The molecule has 5 heteroatoms. The molecule has 0 aliphatic heterocycles.